The van der Waals surface area contributed by atoms with Gasteiger partial charge in [-0.25, -0.2) is 9.13 Å². The summed E-state index contributed by atoms with van der Waals surface area (Å²) in [6.45, 7) is 9.52. The molecular formula is C73H142O17P2. The molecule has 0 fully saturated rings. The maximum atomic E-state index is 13.1. The van der Waals surface area contributed by atoms with E-state index in [1.165, 1.54) is 193 Å². The Morgan fingerprint density at radius 3 is 0.826 bits per heavy atom. The highest BCUT2D eigenvalue weighted by Crippen LogP contribution is 2.45. The van der Waals surface area contributed by atoms with Gasteiger partial charge in [0, 0.05) is 25.7 Å². The van der Waals surface area contributed by atoms with E-state index in [0.717, 1.165) is 95.8 Å². The molecule has 19 heteroatoms. The highest BCUT2D eigenvalue weighted by molar-refractivity contribution is 7.47. The maximum absolute atomic E-state index is 13.1. The van der Waals surface area contributed by atoms with Crippen molar-refractivity contribution in [3.05, 3.63) is 0 Å². The van der Waals surface area contributed by atoms with Crippen LogP contribution >= 0.6 is 15.6 Å². The number of hydrogen-bond acceptors (Lipinski definition) is 15. The number of ether oxygens (including phenoxy) is 4. The molecule has 0 amide bonds. The number of carbonyl (C=O) groups is 4. The minimum atomic E-state index is -4.95. The SMILES string of the molecule is CCCCCCCCCCCCCCCCCCC(=O)OC[C@H](COP(=O)(O)OC[C@@H](O)COP(=O)(O)OC[C@@H](COC(=O)CCCCCCCCCCC)OC(=O)CCCCCCCCC(C)C)OC(=O)CCCCCCCCCCCCCCCCC(C)CC. The molecule has 0 saturated heterocycles. The van der Waals surface area contributed by atoms with Crippen LogP contribution in [0.1, 0.15) is 375 Å². The van der Waals surface area contributed by atoms with E-state index in [4.69, 9.17) is 37.0 Å². The van der Waals surface area contributed by atoms with E-state index in [2.05, 4.69) is 41.5 Å². The normalized spacial score (nSPS) is 14.4. The fraction of sp³-hybridized carbons (Fsp3) is 0.945. The second-order valence-electron chi connectivity index (χ2n) is 27.1. The summed E-state index contributed by atoms with van der Waals surface area (Å²) in [4.78, 5) is 72.6. The van der Waals surface area contributed by atoms with Gasteiger partial charge in [-0.15, -0.1) is 0 Å². The van der Waals surface area contributed by atoms with E-state index in [9.17, 15) is 43.2 Å². The lowest BCUT2D eigenvalue weighted by molar-refractivity contribution is -0.161. The van der Waals surface area contributed by atoms with Crippen molar-refractivity contribution in [3.8, 4) is 0 Å². The summed E-state index contributed by atoms with van der Waals surface area (Å²) in [7, 11) is -9.90. The Kier molecular flexibility index (Phi) is 63.7. The van der Waals surface area contributed by atoms with Crippen molar-refractivity contribution in [1.29, 1.82) is 0 Å². The van der Waals surface area contributed by atoms with Crippen LogP contribution in [0.4, 0.5) is 0 Å². The van der Waals surface area contributed by atoms with Gasteiger partial charge in [-0.1, -0.05) is 324 Å². The molecule has 3 unspecified atom stereocenters. The molecule has 0 aliphatic rings. The molecule has 92 heavy (non-hydrogen) atoms. The third-order valence-corrected chi connectivity index (χ3v) is 19.2. The predicted molar refractivity (Wildman–Crippen MR) is 372 cm³/mol. The second-order valence-corrected chi connectivity index (χ2v) is 30.0. The zero-order valence-electron chi connectivity index (χ0n) is 59.9. The van der Waals surface area contributed by atoms with Gasteiger partial charge in [0.15, 0.2) is 12.2 Å². The molecule has 0 aliphatic heterocycles. The van der Waals surface area contributed by atoms with E-state index in [1.54, 1.807) is 0 Å². The number of carbonyl (C=O) groups excluding carboxylic acids is 4. The Morgan fingerprint density at radius 1 is 0.315 bits per heavy atom. The Bertz CT molecular complexity index is 1790. The largest absolute Gasteiger partial charge is 0.472 e. The first kappa shape index (κ1) is 90.1. The number of aliphatic hydroxyl groups excluding tert-OH is 1. The second kappa shape index (κ2) is 65.0. The van der Waals surface area contributed by atoms with Crippen LogP contribution < -0.4 is 0 Å². The molecule has 17 nitrogen and oxygen atoms in total. The minimum Gasteiger partial charge on any atom is -0.462 e. The van der Waals surface area contributed by atoms with Crippen molar-refractivity contribution in [2.45, 2.75) is 394 Å². The molecule has 0 radical (unpaired) electrons. The zero-order valence-corrected chi connectivity index (χ0v) is 61.6. The van der Waals surface area contributed by atoms with E-state index in [-0.39, 0.29) is 25.7 Å². The van der Waals surface area contributed by atoms with Crippen molar-refractivity contribution in [2.24, 2.45) is 11.8 Å². The number of unbranched alkanes of at least 4 members (excludes halogenated alkanes) is 41. The lowest BCUT2D eigenvalue weighted by Crippen LogP contribution is -2.30. The Balaban J connectivity index is 5.20. The van der Waals surface area contributed by atoms with E-state index in [0.29, 0.717) is 31.6 Å². The van der Waals surface area contributed by atoms with Gasteiger partial charge >= 0.3 is 39.5 Å². The highest BCUT2D eigenvalue weighted by Gasteiger charge is 2.30. The van der Waals surface area contributed by atoms with Crippen LogP contribution in [0.2, 0.25) is 0 Å². The molecule has 0 bridgehead atoms. The van der Waals surface area contributed by atoms with Crippen molar-refractivity contribution >= 4 is 39.5 Å². The average molecular weight is 1350 g/mol. The number of phosphoric acid groups is 2. The summed E-state index contributed by atoms with van der Waals surface area (Å²) in [6, 6.07) is 0. The van der Waals surface area contributed by atoms with Crippen LogP contribution in [0.3, 0.4) is 0 Å². The van der Waals surface area contributed by atoms with Crippen molar-refractivity contribution in [2.75, 3.05) is 39.6 Å². The van der Waals surface area contributed by atoms with Gasteiger partial charge in [0.2, 0.25) is 0 Å². The van der Waals surface area contributed by atoms with E-state index < -0.39 is 97.5 Å². The summed E-state index contributed by atoms with van der Waals surface area (Å²) < 4.78 is 68.3. The lowest BCUT2D eigenvalue weighted by Gasteiger charge is -2.21. The fourth-order valence-corrected chi connectivity index (χ4v) is 12.7. The van der Waals surface area contributed by atoms with Crippen LogP contribution in [0.5, 0.6) is 0 Å². The number of hydrogen-bond donors (Lipinski definition) is 3. The van der Waals surface area contributed by atoms with Gasteiger partial charge < -0.3 is 33.8 Å². The average Bonchev–Trinajstić information content (AvgIpc) is 1.68. The van der Waals surface area contributed by atoms with Gasteiger partial charge in [0.1, 0.15) is 19.3 Å². The number of phosphoric ester groups is 2. The Hall–Kier alpha value is -1.94. The minimum absolute atomic E-state index is 0.102. The lowest BCUT2D eigenvalue weighted by atomic mass is 9.99. The van der Waals surface area contributed by atoms with Crippen LogP contribution in [0.15, 0.2) is 0 Å². The topological polar surface area (TPSA) is 237 Å². The molecule has 546 valence electrons. The van der Waals surface area contributed by atoms with Crippen molar-refractivity contribution in [1.82, 2.24) is 0 Å². The summed E-state index contributed by atoms with van der Waals surface area (Å²) in [6.07, 6.45) is 51.5. The Morgan fingerprint density at radius 2 is 0.554 bits per heavy atom. The van der Waals surface area contributed by atoms with Crippen LogP contribution in [-0.2, 0) is 65.4 Å². The van der Waals surface area contributed by atoms with E-state index >= 15 is 0 Å². The summed E-state index contributed by atoms with van der Waals surface area (Å²) in [5.74, 6) is -0.609. The standard InChI is InChI=1S/C73H142O17P2/c1-7-10-12-14-16-18-19-20-21-22-26-29-33-37-44-50-56-71(76)84-61-68(89-72(77)57-51-45-38-34-30-27-24-23-25-28-32-35-42-48-54-66(6)9-3)63-87-91(79,80)85-59-67(74)60-86-92(81,82)88-64-69(90-73(78)58-52-46-40-39-41-47-53-65(4)5)62-83-70(75)55-49-43-36-31-17-15-13-11-8-2/h65-69,74H,7-64H2,1-6H3,(H,79,80)(H,81,82)/t66?,67-,68-,69-/m1/s1. The first-order chi connectivity index (χ1) is 44.4. The number of rotatable bonds is 72. The van der Waals surface area contributed by atoms with Gasteiger partial charge in [-0.3, -0.25) is 37.3 Å². The number of aliphatic hydroxyl groups is 1. The molecule has 0 aromatic rings. The molecular weight excluding hydrogens is 1210 g/mol. The van der Waals surface area contributed by atoms with Crippen LogP contribution in [0, 0.1) is 11.8 Å². The summed E-state index contributed by atoms with van der Waals surface area (Å²) in [5.41, 5.74) is 0. The predicted octanol–water partition coefficient (Wildman–Crippen LogP) is 21.2. The summed E-state index contributed by atoms with van der Waals surface area (Å²) in [5, 5.41) is 10.6. The van der Waals surface area contributed by atoms with Gasteiger partial charge in [0.05, 0.1) is 26.4 Å². The Labute approximate surface area is 562 Å². The molecule has 0 heterocycles. The molecule has 0 aromatic heterocycles. The van der Waals surface area contributed by atoms with Crippen LogP contribution in [-0.4, -0.2) is 96.7 Å². The smallest absolute Gasteiger partial charge is 0.462 e. The molecule has 0 rings (SSSR count). The molecule has 0 aromatic carbocycles. The quantitative estimate of drug-likeness (QED) is 0.0222. The molecule has 3 N–H and O–H groups in total. The fourth-order valence-electron chi connectivity index (χ4n) is 11.1. The van der Waals surface area contributed by atoms with Gasteiger partial charge in [-0.2, -0.15) is 0 Å². The highest BCUT2D eigenvalue weighted by atomic mass is 31.2. The third-order valence-electron chi connectivity index (χ3n) is 17.3. The first-order valence-electron chi connectivity index (χ1n) is 38.0. The molecule has 0 saturated carbocycles. The first-order valence-corrected chi connectivity index (χ1v) is 41.0. The molecule has 0 aliphatic carbocycles. The van der Waals surface area contributed by atoms with Crippen molar-refractivity contribution < 1.29 is 80.2 Å². The van der Waals surface area contributed by atoms with Gasteiger partial charge in [-0.05, 0) is 37.5 Å². The third kappa shape index (κ3) is 65.4. The molecule has 6 atom stereocenters. The number of esters is 4. The van der Waals surface area contributed by atoms with Gasteiger partial charge in [0.25, 0.3) is 0 Å². The maximum Gasteiger partial charge on any atom is 0.472 e. The van der Waals surface area contributed by atoms with E-state index in [1.807, 2.05) is 0 Å². The molecule has 0 spiro atoms. The van der Waals surface area contributed by atoms with Crippen LogP contribution in [0.25, 0.3) is 0 Å². The zero-order chi connectivity index (χ0) is 67.9. The van der Waals surface area contributed by atoms with Crippen molar-refractivity contribution in [3.63, 3.8) is 0 Å². The monoisotopic (exact) mass is 1350 g/mol. The summed E-state index contributed by atoms with van der Waals surface area (Å²) >= 11 is 0.